The van der Waals surface area contributed by atoms with Crippen molar-refractivity contribution in [3.63, 3.8) is 0 Å². The second kappa shape index (κ2) is 9.49. The van der Waals surface area contributed by atoms with E-state index in [4.69, 9.17) is 9.72 Å². The largest absolute Gasteiger partial charge is 0.497 e. The maximum atomic E-state index is 13.0. The summed E-state index contributed by atoms with van der Waals surface area (Å²) in [5.41, 5.74) is 1.73. The molecule has 1 saturated heterocycles. The molecule has 0 amide bonds. The van der Waals surface area contributed by atoms with Gasteiger partial charge in [0.2, 0.25) is 11.9 Å². The normalized spacial score (nSPS) is 13.5. The van der Waals surface area contributed by atoms with Crippen LogP contribution in [0.25, 0.3) is 10.9 Å². The third kappa shape index (κ3) is 4.72. The molecule has 3 heterocycles. The highest BCUT2D eigenvalue weighted by Crippen LogP contribution is 2.33. The lowest BCUT2D eigenvalue weighted by molar-refractivity contribution is 0.396. The Labute approximate surface area is 171 Å². The van der Waals surface area contributed by atoms with Gasteiger partial charge in [-0.05, 0) is 42.2 Å². The van der Waals surface area contributed by atoms with Crippen LogP contribution < -0.4 is 15.0 Å². The summed E-state index contributed by atoms with van der Waals surface area (Å²) in [5, 5.41) is 4.21. The predicted molar refractivity (Wildman–Crippen MR) is 115 cm³/mol. The molecule has 6 nitrogen and oxygen atoms in total. The van der Waals surface area contributed by atoms with Crippen LogP contribution >= 0.6 is 0 Å². The fourth-order valence-corrected chi connectivity index (χ4v) is 3.23. The van der Waals surface area contributed by atoms with E-state index in [2.05, 4.69) is 27.1 Å². The number of fused-ring (bicyclic) bond motifs is 1. The van der Waals surface area contributed by atoms with Crippen molar-refractivity contribution in [1.82, 2.24) is 15.0 Å². The molecule has 0 unspecified atom stereocenters. The van der Waals surface area contributed by atoms with Crippen LogP contribution in [-0.4, -0.2) is 35.2 Å². The molecule has 1 aromatic carbocycles. The first-order valence-corrected chi connectivity index (χ1v) is 10.1. The Morgan fingerprint density at radius 3 is 2.62 bits per heavy atom. The first-order chi connectivity index (χ1) is 14.2. The molecule has 154 valence electrons. The number of rotatable bonds is 6. The Hall–Kier alpha value is -2.96. The van der Waals surface area contributed by atoms with E-state index in [1.807, 2.05) is 32.0 Å². The number of pyridine rings is 1. The van der Waals surface area contributed by atoms with Gasteiger partial charge in [0.1, 0.15) is 11.6 Å². The molecule has 29 heavy (non-hydrogen) atoms. The van der Waals surface area contributed by atoms with Crippen molar-refractivity contribution in [3.05, 3.63) is 48.0 Å². The van der Waals surface area contributed by atoms with E-state index in [1.54, 1.807) is 13.2 Å². The summed E-state index contributed by atoms with van der Waals surface area (Å²) in [6.07, 6.45) is 2.68. The Balaban J connectivity index is 0.00000117. The van der Waals surface area contributed by atoms with Gasteiger partial charge >= 0.3 is 0 Å². The smallest absolute Gasteiger partial charge is 0.225 e. The molecule has 0 spiro atoms. The van der Waals surface area contributed by atoms with Gasteiger partial charge in [-0.2, -0.15) is 9.37 Å². The molecule has 1 aliphatic rings. The van der Waals surface area contributed by atoms with Crippen molar-refractivity contribution in [2.24, 2.45) is 5.92 Å². The van der Waals surface area contributed by atoms with Gasteiger partial charge in [0.15, 0.2) is 0 Å². The zero-order valence-corrected chi connectivity index (χ0v) is 17.4. The minimum absolute atomic E-state index is 0.478. The lowest BCUT2D eigenvalue weighted by Gasteiger charge is -2.40. The third-order valence-corrected chi connectivity index (χ3v) is 4.96. The van der Waals surface area contributed by atoms with Gasteiger partial charge in [-0.15, -0.1) is 0 Å². The molecule has 4 rings (SSSR count). The van der Waals surface area contributed by atoms with Gasteiger partial charge in [0.25, 0.3) is 0 Å². The fraction of sp³-hybridized carbons (Fsp3) is 0.409. The van der Waals surface area contributed by atoms with E-state index in [1.165, 1.54) is 18.7 Å². The van der Waals surface area contributed by atoms with Crippen LogP contribution in [0.2, 0.25) is 0 Å². The average molecular weight is 397 g/mol. The van der Waals surface area contributed by atoms with Crippen molar-refractivity contribution in [3.8, 4) is 5.75 Å². The molecule has 1 N–H and O–H groups in total. The molecule has 1 aliphatic heterocycles. The van der Waals surface area contributed by atoms with Gasteiger partial charge in [-0.3, -0.25) is 0 Å². The van der Waals surface area contributed by atoms with E-state index in [0.29, 0.717) is 18.4 Å². The van der Waals surface area contributed by atoms with Crippen LogP contribution in [-0.2, 0) is 6.54 Å². The maximum absolute atomic E-state index is 13.0. The molecular formula is C22H28FN5O. The second-order valence-corrected chi connectivity index (χ2v) is 6.78. The molecule has 3 aromatic rings. The summed E-state index contributed by atoms with van der Waals surface area (Å²) in [6.45, 7) is 8.70. The number of aromatic nitrogens is 3. The highest BCUT2D eigenvalue weighted by atomic mass is 19.1. The van der Waals surface area contributed by atoms with Crippen molar-refractivity contribution in [2.45, 2.75) is 33.7 Å². The molecular weight excluding hydrogens is 369 g/mol. The number of hydrogen-bond acceptors (Lipinski definition) is 6. The summed E-state index contributed by atoms with van der Waals surface area (Å²) in [7, 11) is 1.66. The van der Waals surface area contributed by atoms with Gasteiger partial charge in [-0.25, -0.2) is 9.97 Å². The van der Waals surface area contributed by atoms with E-state index < -0.39 is 5.95 Å². The van der Waals surface area contributed by atoms with Crippen LogP contribution in [0.4, 0.5) is 16.2 Å². The quantitative estimate of drug-likeness (QED) is 0.611. The Morgan fingerprint density at radius 2 is 1.97 bits per heavy atom. The monoisotopic (exact) mass is 397 g/mol. The van der Waals surface area contributed by atoms with Crippen molar-refractivity contribution < 1.29 is 9.13 Å². The van der Waals surface area contributed by atoms with E-state index in [-0.39, 0.29) is 0 Å². The number of nitrogens with zero attached hydrogens (tertiary/aromatic N) is 4. The van der Waals surface area contributed by atoms with E-state index in [0.717, 1.165) is 41.1 Å². The maximum Gasteiger partial charge on any atom is 0.225 e. The molecule has 0 radical (unpaired) electrons. The van der Waals surface area contributed by atoms with Gasteiger partial charge in [0.05, 0.1) is 12.6 Å². The Morgan fingerprint density at radius 1 is 1.17 bits per heavy atom. The van der Waals surface area contributed by atoms with Gasteiger partial charge in [0, 0.05) is 31.2 Å². The molecule has 0 atom stereocenters. The third-order valence-electron chi connectivity index (χ3n) is 4.96. The first kappa shape index (κ1) is 20.8. The first-order valence-electron chi connectivity index (χ1n) is 10.1. The zero-order valence-electron chi connectivity index (χ0n) is 17.4. The van der Waals surface area contributed by atoms with Crippen LogP contribution in [0, 0.1) is 11.9 Å². The highest BCUT2D eigenvalue weighted by Gasteiger charge is 2.28. The fourth-order valence-electron chi connectivity index (χ4n) is 3.23. The summed E-state index contributed by atoms with van der Waals surface area (Å²) in [4.78, 5) is 15.3. The molecule has 0 bridgehead atoms. The molecule has 1 fully saturated rings. The lowest BCUT2D eigenvalue weighted by atomic mass is 9.97. The highest BCUT2D eigenvalue weighted by molar-refractivity contribution is 5.92. The summed E-state index contributed by atoms with van der Waals surface area (Å²) >= 11 is 0. The van der Waals surface area contributed by atoms with Crippen LogP contribution in [0.5, 0.6) is 5.75 Å². The number of methoxy groups -OCH3 is 1. The van der Waals surface area contributed by atoms with Crippen molar-refractivity contribution in [2.75, 3.05) is 30.4 Å². The Kier molecular flexibility index (Phi) is 6.80. The van der Waals surface area contributed by atoms with Gasteiger partial charge in [-0.1, -0.05) is 26.8 Å². The van der Waals surface area contributed by atoms with Gasteiger partial charge < -0.3 is 15.0 Å². The topological polar surface area (TPSA) is 63.2 Å². The standard InChI is InChI=1S/C20H22FN5O.C2H6/c1-3-13-11-26(12-13)19-16-8-15(27-2)5-6-17(16)24-20(25-19)23-10-14-4-7-18(21)22-9-14;1-2/h4-9,13H,3,10-12H2,1-2H3,(H,23,24,25);1-2H3. The number of halogens is 1. The number of anilines is 2. The minimum atomic E-state index is -0.486. The molecule has 2 aromatic heterocycles. The predicted octanol–water partition coefficient (Wildman–Crippen LogP) is 4.66. The van der Waals surface area contributed by atoms with Crippen LogP contribution in [0.3, 0.4) is 0 Å². The number of hydrogen-bond donors (Lipinski definition) is 1. The number of nitrogens with one attached hydrogen (secondary N) is 1. The summed E-state index contributed by atoms with van der Waals surface area (Å²) in [5.74, 6) is 2.48. The average Bonchev–Trinajstić information content (AvgIpc) is 2.73. The van der Waals surface area contributed by atoms with Crippen molar-refractivity contribution >= 4 is 22.7 Å². The second-order valence-electron chi connectivity index (χ2n) is 6.78. The SMILES string of the molecule is CC.CCC1CN(c2nc(NCc3ccc(F)nc3)nc3ccc(OC)cc23)C1. The zero-order chi connectivity index (χ0) is 20.8. The van der Waals surface area contributed by atoms with E-state index >= 15 is 0 Å². The minimum Gasteiger partial charge on any atom is -0.497 e. The van der Waals surface area contributed by atoms with E-state index in [9.17, 15) is 4.39 Å². The van der Waals surface area contributed by atoms with Crippen LogP contribution in [0.1, 0.15) is 32.8 Å². The summed E-state index contributed by atoms with van der Waals surface area (Å²) in [6, 6.07) is 8.88. The van der Waals surface area contributed by atoms with Crippen LogP contribution in [0.15, 0.2) is 36.5 Å². The number of benzene rings is 1. The molecule has 0 saturated carbocycles. The lowest BCUT2D eigenvalue weighted by Crippen LogP contribution is -2.47. The Bertz CT molecular complexity index is 942. The summed E-state index contributed by atoms with van der Waals surface area (Å²) < 4.78 is 18.3. The number of ether oxygens (including phenoxy) is 1. The van der Waals surface area contributed by atoms with Crippen molar-refractivity contribution in [1.29, 1.82) is 0 Å². The molecule has 0 aliphatic carbocycles. The molecule has 7 heteroatoms.